The summed E-state index contributed by atoms with van der Waals surface area (Å²) < 4.78 is 32.0. The van der Waals surface area contributed by atoms with Gasteiger partial charge in [-0.05, 0) is 30.3 Å². The summed E-state index contributed by atoms with van der Waals surface area (Å²) in [5.41, 5.74) is 0.0420. The van der Waals surface area contributed by atoms with Gasteiger partial charge in [0.15, 0.2) is 5.78 Å². The molecule has 0 saturated heterocycles. The predicted octanol–water partition coefficient (Wildman–Crippen LogP) is 4.05. The Bertz CT molecular complexity index is 636. The van der Waals surface area contributed by atoms with Crippen molar-refractivity contribution in [3.05, 3.63) is 64.2 Å². The summed E-state index contributed by atoms with van der Waals surface area (Å²) in [5.74, 6) is -1.55. The van der Waals surface area contributed by atoms with Crippen LogP contribution >= 0.6 is 11.6 Å². The van der Waals surface area contributed by atoms with Gasteiger partial charge in [0.25, 0.3) is 0 Å². The second-order valence-electron chi connectivity index (χ2n) is 4.15. The molecule has 0 heterocycles. The van der Waals surface area contributed by atoms with Gasteiger partial charge in [-0.1, -0.05) is 17.7 Å². The molecule has 104 valence electrons. The summed E-state index contributed by atoms with van der Waals surface area (Å²) in [5, 5.41) is 0.362. The molecule has 5 heteroatoms. The standard InChI is InChI=1S/C15H11ClF2O2/c1-20-15-7-9(5-6-11(15)16)14(19)8-10-12(17)3-2-4-13(10)18/h2-7H,8H2,1H3. The van der Waals surface area contributed by atoms with Gasteiger partial charge in [-0.15, -0.1) is 0 Å². The first kappa shape index (κ1) is 14.5. The van der Waals surface area contributed by atoms with Gasteiger partial charge in [-0.2, -0.15) is 0 Å². The molecule has 0 aliphatic rings. The van der Waals surface area contributed by atoms with Gasteiger partial charge < -0.3 is 4.74 Å². The molecule has 0 radical (unpaired) electrons. The summed E-state index contributed by atoms with van der Waals surface area (Å²) >= 11 is 5.86. The number of carbonyl (C=O) groups excluding carboxylic acids is 1. The van der Waals surface area contributed by atoms with E-state index in [4.69, 9.17) is 16.3 Å². The van der Waals surface area contributed by atoms with Gasteiger partial charge in [0.05, 0.1) is 12.1 Å². The summed E-state index contributed by atoms with van der Waals surface area (Å²) in [4.78, 5) is 12.1. The van der Waals surface area contributed by atoms with Crippen molar-refractivity contribution >= 4 is 17.4 Å². The number of ether oxygens (including phenoxy) is 1. The van der Waals surface area contributed by atoms with Gasteiger partial charge in [0.1, 0.15) is 17.4 Å². The largest absolute Gasteiger partial charge is 0.495 e. The average molecular weight is 297 g/mol. The fourth-order valence-electron chi connectivity index (χ4n) is 1.80. The van der Waals surface area contributed by atoms with E-state index in [2.05, 4.69) is 0 Å². The van der Waals surface area contributed by atoms with Crippen molar-refractivity contribution in [2.75, 3.05) is 7.11 Å². The molecule has 20 heavy (non-hydrogen) atoms. The third kappa shape index (κ3) is 2.96. The van der Waals surface area contributed by atoms with Gasteiger partial charge in [0.2, 0.25) is 0 Å². The van der Waals surface area contributed by atoms with E-state index in [-0.39, 0.29) is 17.5 Å². The monoisotopic (exact) mass is 296 g/mol. The van der Waals surface area contributed by atoms with Gasteiger partial charge in [-0.25, -0.2) is 8.78 Å². The van der Waals surface area contributed by atoms with Crippen LogP contribution in [0, 0.1) is 11.6 Å². The van der Waals surface area contributed by atoms with E-state index in [1.165, 1.54) is 31.4 Å². The smallest absolute Gasteiger partial charge is 0.167 e. The third-order valence-corrected chi connectivity index (χ3v) is 3.18. The molecule has 0 unspecified atom stereocenters. The highest BCUT2D eigenvalue weighted by Gasteiger charge is 2.15. The molecular formula is C15H11ClF2O2. The molecule has 0 fully saturated rings. The molecular weight excluding hydrogens is 286 g/mol. The zero-order valence-electron chi connectivity index (χ0n) is 10.6. The van der Waals surface area contributed by atoms with Crippen molar-refractivity contribution in [3.63, 3.8) is 0 Å². The van der Waals surface area contributed by atoms with Crippen molar-refractivity contribution in [3.8, 4) is 5.75 Å². The van der Waals surface area contributed by atoms with Crippen molar-refractivity contribution in [2.24, 2.45) is 0 Å². The van der Waals surface area contributed by atoms with Crippen LogP contribution < -0.4 is 4.74 Å². The molecule has 0 bridgehead atoms. The first-order valence-electron chi connectivity index (χ1n) is 5.82. The zero-order chi connectivity index (χ0) is 14.7. The lowest BCUT2D eigenvalue weighted by Crippen LogP contribution is -2.07. The quantitative estimate of drug-likeness (QED) is 0.796. The molecule has 0 amide bonds. The minimum absolute atomic E-state index is 0.244. The average Bonchev–Trinajstić information content (AvgIpc) is 2.43. The fourth-order valence-corrected chi connectivity index (χ4v) is 1.99. The Morgan fingerprint density at radius 1 is 1.20 bits per heavy atom. The summed E-state index contributed by atoms with van der Waals surface area (Å²) in [6.45, 7) is 0. The van der Waals surface area contributed by atoms with E-state index < -0.39 is 17.4 Å². The highest BCUT2D eigenvalue weighted by molar-refractivity contribution is 6.32. The Labute approximate surface area is 119 Å². The maximum absolute atomic E-state index is 13.5. The lowest BCUT2D eigenvalue weighted by Gasteiger charge is -2.07. The van der Waals surface area contributed by atoms with Gasteiger partial charge >= 0.3 is 0 Å². The molecule has 0 N–H and O–H groups in total. The Morgan fingerprint density at radius 2 is 1.85 bits per heavy atom. The highest BCUT2D eigenvalue weighted by Crippen LogP contribution is 2.26. The van der Waals surface area contributed by atoms with E-state index >= 15 is 0 Å². The number of halogens is 3. The minimum Gasteiger partial charge on any atom is -0.495 e. The van der Waals surface area contributed by atoms with Crippen LogP contribution in [-0.2, 0) is 6.42 Å². The maximum atomic E-state index is 13.5. The highest BCUT2D eigenvalue weighted by atomic mass is 35.5. The van der Waals surface area contributed by atoms with Crippen LogP contribution in [-0.4, -0.2) is 12.9 Å². The molecule has 0 atom stereocenters. The summed E-state index contributed by atoms with van der Waals surface area (Å²) in [7, 11) is 1.42. The Hall–Kier alpha value is -1.94. The van der Waals surface area contributed by atoms with E-state index in [0.717, 1.165) is 12.1 Å². The lowest BCUT2D eigenvalue weighted by atomic mass is 10.0. The number of benzene rings is 2. The SMILES string of the molecule is COc1cc(C(=O)Cc2c(F)cccc2F)ccc1Cl. The molecule has 0 spiro atoms. The zero-order valence-corrected chi connectivity index (χ0v) is 11.4. The maximum Gasteiger partial charge on any atom is 0.167 e. The molecule has 2 aromatic rings. The molecule has 0 aliphatic heterocycles. The summed E-state index contributed by atoms with van der Waals surface area (Å²) in [6.07, 6.45) is -0.358. The number of methoxy groups -OCH3 is 1. The predicted molar refractivity (Wildman–Crippen MR) is 72.4 cm³/mol. The first-order valence-corrected chi connectivity index (χ1v) is 6.20. The second kappa shape index (κ2) is 6.01. The second-order valence-corrected chi connectivity index (χ2v) is 4.56. The number of ketones is 1. The summed E-state index contributed by atoms with van der Waals surface area (Å²) in [6, 6.07) is 7.94. The topological polar surface area (TPSA) is 26.3 Å². The Morgan fingerprint density at radius 3 is 2.45 bits per heavy atom. The van der Waals surface area contributed by atoms with E-state index in [9.17, 15) is 13.6 Å². The fraction of sp³-hybridized carbons (Fsp3) is 0.133. The Balaban J connectivity index is 2.29. The van der Waals surface area contributed by atoms with Gasteiger partial charge in [-0.3, -0.25) is 4.79 Å². The van der Waals surface area contributed by atoms with Crippen LogP contribution in [0.5, 0.6) is 5.75 Å². The van der Waals surface area contributed by atoms with Crippen LogP contribution in [0.4, 0.5) is 8.78 Å². The van der Waals surface area contributed by atoms with E-state index in [1.807, 2.05) is 0 Å². The number of hydrogen-bond acceptors (Lipinski definition) is 2. The van der Waals surface area contributed by atoms with Crippen molar-refractivity contribution < 1.29 is 18.3 Å². The van der Waals surface area contributed by atoms with Crippen molar-refractivity contribution in [1.29, 1.82) is 0 Å². The van der Waals surface area contributed by atoms with Crippen molar-refractivity contribution in [1.82, 2.24) is 0 Å². The molecule has 2 aromatic carbocycles. The first-order chi connectivity index (χ1) is 9.52. The van der Waals surface area contributed by atoms with Gasteiger partial charge in [0, 0.05) is 17.5 Å². The van der Waals surface area contributed by atoms with Crippen LogP contribution in [0.25, 0.3) is 0 Å². The molecule has 2 nitrogen and oxygen atoms in total. The molecule has 0 saturated carbocycles. The molecule has 0 aliphatic carbocycles. The lowest BCUT2D eigenvalue weighted by molar-refractivity contribution is 0.0990. The van der Waals surface area contributed by atoms with Crippen LogP contribution in [0.15, 0.2) is 36.4 Å². The Kier molecular flexibility index (Phi) is 4.35. The van der Waals surface area contributed by atoms with Crippen molar-refractivity contribution in [2.45, 2.75) is 6.42 Å². The number of carbonyl (C=O) groups is 1. The van der Waals surface area contributed by atoms with Crippen LogP contribution in [0.2, 0.25) is 5.02 Å². The molecule has 2 rings (SSSR count). The normalized spacial score (nSPS) is 10.4. The van der Waals surface area contributed by atoms with E-state index in [0.29, 0.717) is 10.8 Å². The van der Waals surface area contributed by atoms with Crippen LogP contribution in [0.3, 0.4) is 0 Å². The van der Waals surface area contributed by atoms with E-state index in [1.54, 1.807) is 0 Å². The number of hydrogen-bond donors (Lipinski definition) is 0. The third-order valence-electron chi connectivity index (χ3n) is 2.87. The molecule has 0 aromatic heterocycles. The van der Waals surface area contributed by atoms with Crippen LogP contribution in [0.1, 0.15) is 15.9 Å². The minimum atomic E-state index is -0.737. The number of Topliss-reactive ketones (excluding diaryl/α,β-unsaturated/α-hetero) is 1. The number of rotatable bonds is 4.